The highest BCUT2D eigenvalue weighted by molar-refractivity contribution is 6.30. The zero-order valence-electron chi connectivity index (χ0n) is 10.2. The number of aryl methyl sites for hydroxylation is 1. The van der Waals surface area contributed by atoms with Gasteiger partial charge in [0.05, 0.1) is 0 Å². The molecular formula is C13H11ClN4O. The first-order valence-corrected chi connectivity index (χ1v) is 6.15. The fourth-order valence-electron chi connectivity index (χ4n) is 1.80. The van der Waals surface area contributed by atoms with Crippen molar-refractivity contribution in [3.8, 4) is 11.6 Å². The summed E-state index contributed by atoms with van der Waals surface area (Å²) in [4.78, 5) is 4.36. The molecule has 0 radical (unpaired) electrons. The molecule has 0 unspecified atom stereocenters. The number of hydrogen-bond acceptors (Lipinski definition) is 4. The van der Waals surface area contributed by atoms with Gasteiger partial charge in [-0.1, -0.05) is 28.9 Å². The third kappa shape index (κ3) is 2.51. The van der Waals surface area contributed by atoms with Gasteiger partial charge < -0.3 is 4.52 Å². The number of benzene rings is 1. The molecule has 0 N–H and O–H groups in total. The molecule has 6 heteroatoms. The summed E-state index contributed by atoms with van der Waals surface area (Å²) in [6.45, 7) is 0. The van der Waals surface area contributed by atoms with Gasteiger partial charge in [-0.2, -0.15) is 10.1 Å². The first-order chi connectivity index (χ1) is 9.22. The highest BCUT2D eigenvalue weighted by Gasteiger charge is 2.12. The third-order valence-electron chi connectivity index (χ3n) is 2.78. The number of rotatable bonds is 3. The van der Waals surface area contributed by atoms with Gasteiger partial charge >= 0.3 is 0 Å². The monoisotopic (exact) mass is 274 g/mol. The molecule has 0 aliphatic carbocycles. The van der Waals surface area contributed by atoms with Crippen molar-refractivity contribution >= 4 is 11.6 Å². The first kappa shape index (κ1) is 11.9. The molecule has 0 aliphatic heterocycles. The summed E-state index contributed by atoms with van der Waals surface area (Å²) in [5.41, 5.74) is 1.89. The minimum Gasteiger partial charge on any atom is -0.332 e. The molecular weight excluding hydrogens is 264 g/mol. The molecule has 2 heterocycles. The molecule has 0 spiro atoms. The third-order valence-corrected chi connectivity index (χ3v) is 3.04. The van der Waals surface area contributed by atoms with Gasteiger partial charge in [0.15, 0.2) is 5.82 Å². The predicted octanol–water partition coefficient (Wildman–Crippen LogP) is 2.71. The van der Waals surface area contributed by atoms with Gasteiger partial charge in [-0.3, -0.25) is 4.68 Å². The van der Waals surface area contributed by atoms with Crippen LogP contribution in [0.25, 0.3) is 11.6 Å². The second kappa shape index (κ2) is 4.85. The second-order valence-corrected chi connectivity index (χ2v) is 4.60. The summed E-state index contributed by atoms with van der Waals surface area (Å²) >= 11 is 5.84. The van der Waals surface area contributed by atoms with Crippen molar-refractivity contribution in [3.05, 3.63) is 52.9 Å². The summed E-state index contributed by atoms with van der Waals surface area (Å²) in [7, 11) is 1.83. The lowest BCUT2D eigenvalue weighted by atomic mass is 10.1. The van der Waals surface area contributed by atoms with E-state index in [1.165, 1.54) is 0 Å². The minimum atomic E-state index is 0.476. The summed E-state index contributed by atoms with van der Waals surface area (Å²) < 4.78 is 6.93. The van der Waals surface area contributed by atoms with E-state index in [-0.39, 0.29) is 0 Å². The lowest BCUT2D eigenvalue weighted by Gasteiger charge is -1.96. The van der Waals surface area contributed by atoms with E-state index in [1.54, 1.807) is 10.9 Å². The van der Waals surface area contributed by atoms with E-state index < -0.39 is 0 Å². The Morgan fingerprint density at radius 3 is 2.68 bits per heavy atom. The van der Waals surface area contributed by atoms with Crippen molar-refractivity contribution < 1.29 is 4.52 Å². The molecule has 0 saturated carbocycles. The number of nitrogens with zero attached hydrogens (tertiary/aromatic N) is 4. The number of aromatic nitrogens is 4. The van der Waals surface area contributed by atoms with Crippen LogP contribution in [0.4, 0.5) is 0 Å². The lowest BCUT2D eigenvalue weighted by molar-refractivity contribution is 0.420. The Hall–Kier alpha value is -2.14. The molecule has 0 bridgehead atoms. The quantitative estimate of drug-likeness (QED) is 0.737. The fourth-order valence-corrected chi connectivity index (χ4v) is 1.92. The summed E-state index contributed by atoms with van der Waals surface area (Å²) in [6.07, 6.45) is 2.30. The standard InChI is InChI=1S/C13H11ClN4O/c1-18-11(6-7-15-18)13-16-12(17-19-13)8-9-2-4-10(14)5-3-9/h2-7H,8H2,1H3. The van der Waals surface area contributed by atoms with Crippen LogP contribution in [-0.2, 0) is 13.5 Å². The van der Waals surface area contributed by atoms with Crippen molar-refractivity contribution in [2.75, 3.05) is 0 Å². The smallest absolute Gasteiger partial charge is 0.276 e. The second-order valence-electron chi connectivity index (χ2n) is 4.16. The van der Waals surface area contributed by atoms with Gasteiger partial charge in [-0.15, -0.1) is 0 Å². The van der Waals surface area contributed by atoms with Gasteiger partial charge in [0, 0.05) is 24.7 Å². The van der Waals surface area contributed by atoms with Crippen LogP contribution >= 0.6 is 11.6 Å². The maximum atomic E-state index is 5.84. The van der Waals surface area contributed by atoms with Crippen LogP contribution in [0.1, 0.15) is 11.4 Å². The van der Waals surface area contributed by atoms with Gasteiger partial charge in [0.2, 0.25) is 0 Å². The van der Waals surface area contributed by atoms with E-state index in [1.807, 2.05) is 37.4 Å². The van der Waals surface area contributed by atoms with Crippen LogP contribution in [0.2, 0.25) is 5.02 Å². The van der Waals surface area contributed by atoms with Crippen molar-refractivity contribution in [3.63, 3.8) is 0 Å². The van der Waals surface area contributed by atoms with Crippen LogP contribution in [0.3, 0.4) is 0 Å². The maximum Gasteiger partial charge on any atom is 0.276 e. The lowest BCUT2D eigenvalue weighted by Crippen LogP contribution is -1.94. The average molecular weight is 275 g/mol. The molecule has 0 saturated heterocycles. The average Bonchev–Trinajstić information content (AvgIpc) is 3.01. The first-order valence-electron chi connectivity index (χ1n) is 5.78. The number of halogens is 1. The van der Waals surface area contributed by atoms with Crippen LogP contribution in [0.5, 0.6) is 0 Å². The topological polar surface area (TPSA) is 56.7 Å². The molecule has 5 nitrogen and oxygen atoms in total. The molecule has 1 aromatic carbocycles. The molecule has 3 aromatic rings. The predicted molar refractivity (Wildman–Crippen MR) is 70.8 cm³/mol. The molecule has 2 aromatic heterocycles. The van der Waals surface area contributed by atoms with Crippen molar-refractivity contribution in [1.29, 1.82) is 0 Å². The van der Waals surface area contributed by atoms with E-state index in [9.17, 15) is 0 Å². The molecule has 0 amide bonds. The van der Waals surface area contributed by atoms with E-state index in [0.29, 0.717) is 23.2 Å². The maximum absolute atomic E-state index is 5.84. The molecule has 96 valence electrons. The van der Waals surface area contributed by atoms with Gasteiger partial charge in [-0.25, -0.2) is 0 Å². The fraction of sp³-hybridized carbons (Fsp3) is 0.154. The van der Waals surface area contributed by atoms with E-state index in [4.69, 9.17) is 16.1 Å². The Morgan fingerprint density at radius 2 is 2.00 bits per heavy atom. The molecule has 19 heavy (non-hydrogen) atoms. The summed E-state index contributed by atoms with van der Waals surface area (Å²) in [5.74, 6) is 1.11. The Labute approximate surface area is 114 Å². The Balaban J connectivity index is 1.82. The highest BCUT2D eigenvalue weighted by atomic mass is 35.5. The molecule has 3 rings (SSSR count). The van der Waals surface area contributed by atoms with E-state index >= 15 is 0 Å². The molecule has 0 atom stereocenters. The molecule has 0 fully saturated rings. The Morgan fingerprint density at radius 1 is 1.21 bits per heavy atom. The Kier molecular flexibility index (Phi) is 3.05. The van der Waals surface area contributed by atoms with Crippen LogP contribution in [0.15, 0.2) is 41.1 Å². The zero-order valence-corrected chi connectivity index (χ0v) is 11.0. The Bertz CT molecular complexity index is 687. The van der Waals surface area contributed by atoms with Gasteiger partial charge in [-0.05, 0) is 23.8 Å². The van der Waals surface area contributed by atoms with Gasteiger partial charge in [0.1, 0.15) is 5.69 Å². The van der Waals surface area contributed by atoms with Crippen LogP contribution < -0.4 is 0 Å². The highest BCUT2D eigenvalue weighted by Crippen LogP contribution is 2.17. The SMILES string of the molecule is Cn1nccc1-c1nc(Cc2ccc(Cl)cc2)no1. The van der Waals surface area contributed by atoms with Gasteiger partial charge in [0.25, 0.3) is 5.89 Å². The summed E-state index contributed by atoms with van der Waals surface area (Å²) in [6, 6.07) is 9.42. The van der Waals surface area contributed by atoms with E-state index in [0.717, 1.165) is 11.3 Å². The minimum absolute atomic E-state index is 0.476. The van der Waals surface area contributed by atoms with Crippen molar-refractivity contribution in [2.24, 2.45) is 7.05 Å². The van der Waals surface area contributed by atoms with Crippen LogP contribution in [-0.4, -0.2) is 19.9 Å². The summed E-state index contributed by atoms with van der Waals surface area (Å²) in [5, 5.41) is 8.76. The van der Waals surface area contributed by atoms with E-state index in [2.05, 4.69) is 15.2 Å². The van der Waals surface area contributed by atoms with Crippen LogP contribution in [0, 0.1) is 0 Å². The van der Waals surface area contributed by atoms with Crippen molar-refractivity contribution in [2.45, 2.75) is 6.42 Å². The normalized spacial score (nSPS) is 10.8. The largest absolute Gasteiger partial charge is 0.332 e. The number of hydrogen-bond donors (Lipinski definition) is 0. The zero-order chi connectivity index (χ0) is 13.2. The van der Waals surface area contributed by atoms with Crippen molar-refractivity contribution in [1.82, 2.24) is 19.9 Å². The molecule has 0 aliphatic rings.